The summed E-state index contributed by atoms with van der Waals surface area (Å²) in [7, 11) is 0. The van der Waals surface area contributed by atoms with E-state index in [0.717, 1.165) is 0 Å². The monoisotopic (exact) mass is 297 g/mol. The highest BCUT2D eigenvalue weighted by Crippen LogP contribution is 2.18. The van der Waals surface area contributed by atoms with Gasteiger partial charge in [0.1, 0.15) is 0 Å². The van der Waals surface area contributed by atoms with Gasteiger partial charge in [0.2, 0.25) is 5.91 Å². The third kappa shape index (κ3) is 5.48. The van der Waals surface area contributed by atoms with E-state index in [-0.39, 0.29) is 24.8 Å². The fourth-order valence-corrected chi connectivity index (χ4v) is 1.78. The Labute approximate surface area is 123 Å². The van der Waals surface area contributed by atoms with Crippen molar-refractivity contribution in [1.29, 1.82) is 0 Å². The second kappa shape index (κ2) is 7.75. The molecule has 4 N–H and O–H groups in total. The number of benzene rings is 1. The lowest BCUT2D eigenvalue weighted by Crippen LogP contribution is -2.32. The number of hydrogen-bond donors (Lipinski definition) is 3. The smallest absolute Gasteiger partial charge is 0.252 e. The van der Waals surface area contributed by atoms with E-state index < -0.39 is 0 Å². The number of halogens is 1. The third-order valence-corrected chi connectivity index (χ3v) is 2.90. The molecule has 0 unspecified atom stereocenters. The van der Waals surface area contributed by atoms with Crippen molar-refractivity contribution in [3.63, 3.8) is 0 Å². The highest BCUT2D eigenvalue weighted by Gasteiger charge is 2.10. The van der Waals surface area contributed by atoms with Crippen LogP contribution in [0.3, 0.4) is 0 Å². The van der Waals surface area contributed by atoms with Crippen LogP contribution >= 0.6 is 11.6 Å². The summed E-state index contributed by atoms with van der Waals surface area (Å²) in [4.78, 5) is 23.3. The highest BCUT2D eigenvalue weighted by molar-refractivity contribution is 6.34. The number of hydrogen-bond acceptors (Lipinski definition) is 3. The fourth-order valence-electron chi connectivity index (χ4n) is 1.51. The summed E-state index contributed by atoms with van der Waals surface area (Å²) < 4.78 is 0. The van der Waals surface area contributed by atoms with Crippen molar-refractivity contribution < 1.29 is 9.59 Å². The minimum Gasteiger partial charge on any atom is -0.399 e. The molecule has 1 aromatic carbocycles. The zero-order valence-electron chi connectivity index (χ0n) is 11.7. The molecule has 0 saturated heterocycles. The first kappa shape index (κ1) is 16.3. The van der Waals surface area contributed by atoms with Gasteiger partial charge < -0.3 is 16.4 Å². The summed E-state index contributed by atoms with van der Waals surface area (Å²) in [5.74, 6) is 0.0104. The molecule has 1 rings (SSSR count). The van der Waals surface area contributed by atoms with Gasteiger partial charge in [-0.15, -0.1) is 0 Å². The predicted octanol–water partition coefficient (Wildman–Crippen LogP) is 1.81. The van der Waals surface area contributed by atoms with E-state index in [9.17, 15) is 9.59 Å². The van der Waals surface area contributed by atoms with Gasteiger partial charge in [0.25, 0.3) is 5.91 Å². The molecule has 2 amide bonds. The van der Waals surface area contributed by atoms with Crippen LogP contribution in [0.15, 0.2) is 18.2 Å². The average Bonchev–Trinajstić information content (AvgIpc) is 2.36. The van der Waals surface area contributed by atoms with Crippen molar-refractivity contribution in [3.8, 4) is 0 Å². The maximum Gasteiger partial charge on any atom is 0.252 e. The number of amides is 2. The number of carbonyl (C=O) groups is 2. The summed E-state index contributed by atoms with van der Waals surface area (Å²) in [5.41, 5.74) is 6.41. The van der Waals surface area contributed by atoms with E-state index in [2.05, 4.69) is 10.6 Å². The summed E-state index contributed by atoms with van der Waals surface area (Å²) in [6.07, 6.45) is 0.241. The van der Waals surface area contributed by atoms with Crippen molar-refractivity contribution in [1.82, 2.24) is 10.6 Å². The Kier molecular flexibility index (Phi) is 6.31. The molecule has 20 heavy (non-hydrogen) atoms. The van der Waals surface area contributed by atoms with Gasteiger partial charge in [-0.25, -0.2) is 0 Å². The minimum absolute atomic E-state index is 0.0811. The number of carbonyl (C=O) groups excluding carboxylic acids is 2. The number of nitrogens with one attached hydrogen (secondary N) is 2. The van der Waals surface area contributed by atoms with Crippen LogP contribution in [0, 0.1) is 5.92 Å². The lowest BCUT2D eigenvalue weighted by atomic mass is 10.2. The first-order valence-electron chi connectivity index (χ1n) is 6.50. The molecule has 0 atom stereocenters. The minimum atomic E-state index is -0.313. The molecule has 0 spiro atoms. The molecule has 0 aliphatic heterocycles. The lowest BCUT2D eigenvalue weighted by molar-refractivity contribution is -0.121. The molecule has 5 nitrogen and oxygen atoms in total. The van der Waals surface area contributed by atoms with Crippen LogP contribution in [0.5, 0.6) is 0 Å². The molecule has 0 radical (unpaired) electrons. The van der Waals surface area contributed by atoms with Crippen molar-refractivity contribution in [2.45, 2.75) is 20.3 Å². The normalized spacial score (nSPS) is 10.4. The zero-order chi connectivity index (χ0) is 15.1. The number of nitrogens with two attached hydrogens (primary N) is 1. The van der Waals surface area contributed by atoms with E-state index >= 15 is 0 Å². The SMILES string of the molecule is CC(C)CNC(=O)CCNC(=O)c1ccc(N)cc1Cl. The van der Waals surface area contributed by atoms with Gasteiger partial charge in [-0.2, -0.15) is 0 Å². The molecule has 0 bridgehead atoms. The Hall–Kier alpha value is -1.75. The number of anilines is 1. The predicted molar refractivity (Wildman–Crippen MR) is 80.7 cm³/mol. The molecule has 1 aromatic rings. The Morgan fingerprint density at radius 3 is 2.60 bits per heavy atom. The number of nitrogen functional groups attached to an aromatic ring is 1. The van der Waals surface area contributed by atoms with E-state index in [1.807, 2.05) is 13.8 Å². The third-order valence-electron chi connectivity index (χ3n) is 2.58. The molecular weight excluding hydrogens is 278 g/mol. The van der Waals surface area contributed by atoms with Crippen LogP contribution in [-0.4, -0.2) is 24.9 Å². The summed E-state index contributed by atoms with van der Waals surface area (Å²) in [5, 5.41) is 5.73. The van der Waals surface area contributed by atoms with Crippen LogP contribution < -0.4 is 16.4 Å². The first-order chi connectivity index (χ1) is 9.40. The zero-order valence-corrected chi connectivity index (χ0v) is 12.5. The van der Waals surface area contributed by atoms with Gasteiger partial charge in [-0.05, 0) is 24.1 Å². The molecule has 6 heteroatoms. The summed E-state index contributed by atoms with van der Waals surface area (Å²) in [6.45, 7) is 4.94. The van der Waals surface area contributed by atoms with Gasteiger partial charge in [0.05, 0.1) is 10.6 Å². The van der Waals surface area contributed by atoms with Crippen LogP contribution in [0.1, 0.15) is 30.6 Å². The maximum atomic E-state index is 11.9. The van der Waals surface area contributed by atoms with E-state index in [4.69, 9.17) is 17.3 Å². The maximum absolute atomic E-state index is 11.9. The Balaban J connectivity index is 2.38. The Morgan fingerprint density at radius 2 is 2.00 bits per heavy atom. The molecule has 110 valence electrons. The molecule has 0 saturated carbocycles. The molecule has 0 aromatic heterocycles. The van der Waals surface area contributed by atoms with Crippen molar-refractivity contribution in [3.05, 3.63) is 28.8 Å². The van der Waals surface area contributed by atoms with Gasteiger partial charge in [0, 0.05) is 25.2 Å². The average molecular weight is 298 g/mol. The number of rotatable bonds is 6. The van der Waals surface area contributed by atoms with Gasteiger partial charge in [-0.3, -0.25) is 9.59 Å². The largest absolute Gasteiger partial charge is 0.399 e. The topological polar surface area (TPSA) is 84.2 Å². The van der Waals surface area contributed by atoms with Gasteiger partial charge in [0.15, 0.2) is 0 Å². The second-order valence-corrected chi connectivity index (χ2v) is 5.35. The van der Waals surface area contributed by atoms with E-state index in [1.165, 1.54) is 6.07 Å². The van der Waals surface area contributed by atoms with Crippen molar-refractivity contribution in [2.75, 3.05) is 18.8 Å². The van der Waals surface area contributed by atoms with Crippen LogP contribution in [0.25, 0.3) is 0 Å². The van der Waals surface area contributed by atoms with Crippen LogP contribution in [0.2, 0.25) is 5.02 Å². The van der Waals surface area contributed by atoms with Crippen molar-refractivity contribution in [2.24, 2.45) is 5.92 Å². The molecule has 0 heterocycles. The van der Waals surface area contributed by atoms with Crippen LogP contribution in [0.4, 0.5) is 5.69 Å². The molecule has 0 fully saturated rings. The fraction of sp³-hybridized carbons (Fsp3) is 0.429. The molecule has 0 aliphatic rings. The molecule has 0 aliphatic carbocycles. The summed E-state index contributed by atoms with van der Waals surface area (Å²) >= 11 is 5.93. The quantitative estimate of drug-likeness (QED) is 0.700. The van der Waals surface area contributed by atoms with Crippen LogP contribution in [-0.2, 0) is 4.79 Å². The Morgan fingerprint density at radius 1 is 1.30 bits per heavy atom. The van der Waals surface area contributed by atoms with E-state index in [1.54, 1.807) is 12.1 Å². The summed E-state index contributed by atoms with van der Waals surface area (Å²) in [6, 6.07) is 4.69. The van der Waals surface area contributed by atoms with Gasteiger partial charge >= 0.3 is 0 Å². The van der Waals surface area contributed by atoms with Gasteiger partial charge in [-0.1, -0.05) is 25.4 Å². The Bertz CT molecular complexity index is 489. The lowest BCUT2D eigenvalue weighted by Gasteiger charge is -2.09. The standard InChI is InChI=1S/C14H20ClN3O2/c1-9(2)8-18-13(19)5-6-17-14(20)11-4-3-10(16)7-12(11)15/h3-4,7,9H,5-6,8,16H2,1-2H3,(H,17,20)(H,18,19). The first-order valence-corrected chi connectivity index (χ1v) is 6.88. The second-order valence-electron chi connectivity index (χ2n) is 4.94. The molecular formula is C14H20ClN3O2. The highest BCUT2D eigenvalue weighted by atomic mass is 35.5. The van der Waals surface area contributed by atoms with Crippen molar-refractivity contribution >= 4 is 29.1 Å². The van der Waals surface area contributed by atoms with E-state index in [0.29, 0.717) is 28.7 Å².